The van der Waals surface area contributed by atoms with E-state index in [1.54, 1.807) is 44.1 Å². The third kappa shape index (κ3) is 9.41. The molecule has 3 aromatic carbocycles. The van der Waals surface area contributed by atoms with Crippen molar-refractivity contribution < 1.29 is 31.5 Å². The summed E-state index contributed by atoms with van der Waals surface area (Å²) >= 11 is 9.28. The van der Waals surface area contributed by atoms with E-state index in [1.165, 1.54) is 24.3 Å². The van der Waals surface area contributed by atoms with Crippen LogP contribution in [0.1, 0.15) is 18.9 Å². The van der Waals surface area contributed by atoms with Crippen LogP contribution in [0.5, 0.6) is 0 Å². The largest absolute Gasteiger partial charge is 0.466 e. The summed E-state index contributed by atoms with van der Waals surface area (Å²) in [6.07, 6.45) is 0.517. The second-order valence-corrected chi connectivity index (χ2v) is 11.9. The van der Waals surface area contributed by atoms with Gasteiger partial charge < -0.3 is 15.0 Å². The van der Waals surface area contributed by atoms with Gasteiger partial charge in [0.05, 0.1) is 24.0 Å². The van der Waals surface area contributed by atoms with Crippen molar-refractivity contribution in [2.45, 2.75) is 37.5 Å². The molecule has 0 heterocycles. The molecular formula is C27H29BBrClFNO6S. The third-order valence-electron chi connectivity index (χ3n) is 5.87. The van der Waals surface area contributed by atoms with E-state index < -0.39 is 47.5 Å². The summed E-state index contributed by atoms with van der Waals surface area (Å²) in [7, 11) is -5.01. The second kappa shape index (κ2) is 14.4. The molecule has 0 amide bonds. The van der Waals surface area contributed by atoms with E-state index >= 15 is 0 Å². The van der Waals surface area contributed by atoms with E-state index in [9.17, 15) is 22.6 Å². The van der Waals surface area contributed by atoms with E-state index in [1.807, 2.05) is 12.1 Å². The monoisotopic (exact) mass is 639 g/mol. The third-order valence-corrected chi connectivity index (χ3v) is 7.93. The first-order chi connectivity index (χ1) is 18.5. The van der Waals surface area contributed by atoms with E-state index in [2.05, 4.69) is 21.2 Å². The topological polar surface area (TPSA) is 102 Å². The summed E-state index contributed by atoms with van der Waals surface area (Å²) in [4.78, 5) is 12.7. The first-order valence-corrected chi connectivity index (χ1v) is 14.9. The highest BCUT2D eigenvalue weighted by Gasteiger charge is 2.29. The maximum Gasteiger partial charge on any atom is 0.373 e. The molecule has 3 aromatic rings. The number of carbonyl (C=O) groups is 1. The van der Waals surface area contributed by atoms with Gasteiger partial charge >= 0.3 is 13.0 Å². The van der Waals surface area contributed by atoms with Gasteiger partial charge in [-0.1, -0.05) is 51.8 Å². The number of ether oxygens (including phenoxy) is 1. The van der Waals surface area contributed by atoms with Crippen molar-refractivity contribution in [3.8, 4) is 11.1 Å². The van der Waals surface area contributed by atoms with Crippen LogP contribution in [0.2, 0.25) is 11.8 Å². The van der Waals surface area contributed by atoms with Gasteiger partial charge in [0.15, 0.2) is 0 Å². The van der Waals surface area contributed by atoms with Gasteiger partial charge in [0, 0.05) is 21.1 Å². The lowest BCUT2D eigenvalue weighted by Gasteiger charge is -2.24. The van der Waals surface area contributed by atoms with E-state index in [0.717, 1.165) is 5.56 Å². The Labute approximate surface area is 242 Å². The maximum atomic E-state index is 14.3. The standard InChI is InChI=1S/C27H29BBrClFNO6S/c1-3-37-27(33)20(17-38-39(35,36)24-11-8-21(29)9-12-24)15-23(32-28(2)34)14-18-4-6-19(7-5-18)25-16-22(30)10-13-26(25)31/h4-13,16,20,23,32,34H,3,14-15,17H2,1-2H3/t20-,23+/m0/s1. The van der Waals surface area contributed by atoms with Crippen molar-refractivity contribution >= 4 is 50.7 Å². The Hall–Kier alpha value is -2.28. The zero-order valence-corrected chi connectivity index (χ0v) is 24.6. The van der Waals surface area contributed by atoms with Crippen LogP contribution >= 0.6 is 27.5 Å². The average molecular weight is 641 g/mol. The highest BCUT2D eigenvalue weighted by Crippen LogP contribution is 2.27. The van der Waals surface area contributed by atoms with Crippen molar-refractivity contribution in [3.63, 3.8) is 0 Å². The number of hydrogen-bond acceptors (Lipinski definition) is 7. The highest BCUT2D eigenvalue weighted by atomic mass is 79.9. The SMILES string of the molecule is CCOC(=O)[C@H](COS(=O)(=O)c1ccc(Br)cc1)C[C@@H](Cc1ccc(-c2cc(Cl)ccc2F)cc1)NB(C)O. The zero-order valence-electron chi connectivity index (χ0n) is 21.4. The van der Waals surface area contributed by atoms with Gasteiger partial charge in [0.25, 0.3) is 10.1 Å². The molecule has 208 valence electrons. The first kappa shape index (κ1) is 31.3. The molecular weight excluding hydrogens is 612 g/mol. The van der Waals surface area contributed by atoms with Gasteiger partial charge in [-0.25, -0.2) is 4.39 Å². The Morgan fingerprint density at radius 1 is 1.13 bits per heavy atom. The lowest BCUT2D eigenvalue weighted by molar-refractivity contribution is -0.149. The summed E-state index contributed by atoms with van der Waals surface area (Å²) in [5, 5.41) is 13.5. The van der Waals surface area contributed by atoms with Crippen LogP contribution in [0.25, 0.3) is 11.1 Å². The first-order valence-electron chi connectivity index (χ1n) is 12.3. The van der Waals surface area contributed by atoms with Gasteiger partial charge in [-0.2, -0.15) is 8.42 Å². The average Bonchev–Trinajstić information content (AvgIpc) is 2.88. The van der Waals surface area contributed by atoms with Crippen LogP contribution in [-0.2, 0) is 30.3 Å². The van der Waals surface area contributed by atoms with Gasteiger partial charge in [-0.05, 0) is 80.2 Å². The maximum absolute atomic E-state index is 14.3. The molecule has 7 nitrogen and oxygen atoms in total. The summed E-state index contributed by atoms with van der Waals surface area (Å²) in [5.41, 5.74) is 1.87. The predicted molar refractivity (Wildman–Crippen MR) is 153 cm³/mol. The van der Waals surface area contributed by atoms with Crippen LogP contribution in [0.4, 0.5) is 4.39 Å². The van der Waals surface area contributed by atoms with Crippen molar-refractivity contribution in [1.29, 1.82) is 0 Å². The molecule has 0 radical (unpaired) electrons. The molecule has 0 saturated heterocycles. The number of benzene rings is 3. The quantitative estimate of drug-likeness (QED) is 0.145. The molecule has 0 bridgehead atoms. The van der Waals surface area contributed by atoms with Crippen LogP contribution in [0.15, 0.2) is 76.1 Å². The fourth-order valence-corrected chi connectivity index (χ4v) is 5.44. The summed E-state index contributed by atoms with van der Waals surface area (Å²) in [6, 6.07) is 17.0. The number of halogens is 3. The Bertz CT molecular complexity index is 1360. The molecule has 0 spiro atoms. The number of carbonyl (C=O) groups excluding carboxylic acids is 1. The van der Waals surface area contributed by atoms with Crippen molar-refractivity contribution in [3.05, 3.63) is 87.6 Å². The predicted octanol–water partition coefficient (Wildman–Crippen LogP) is 5.49. The van der Waals surface area contributed by atoms with Crippen LogP contribution in [-0.4, -0.2) is 45.7 Å². The van der Waals surface area contributed by atoms with E-state index in [-0.39, 0.29) is 17.9 Å². The molecule has 0 aromatic heterocycles. The smallest absolute Gasteiger partial charge is 0.373 e. The van der Waals surface area contributed by atoms with Crippen LogP contribution in [0.3, 0.4) is 0 Å². The Morgan fingerprint density at radius 2 is 1.79 bits per heavy atom. The highest BCUT2D eigenvalue weighted by molar-refractivity contribution is 9.10. The molecule has 0 unspecified atom stereocenters. The molecule has 39 heavy (non-hydrogen) atoms. The normalized spacial score (nSPS) is 13.1. The lowest BCUT2D eigenvalue weighted by Crippen LogP contribution is -2.44. The lowest BCUT2D eigenvalue weighted by atomic mass is 9.83. The van der Waals surface area contributed by atoms with Crippen LogP contribution in [0, 0.1) is 11.7 Å². The van der Waals surface area contributed by atoms with Gasteiger partial charge in [-0.3, -0.25) is 8.98 Å². The second-order valence-electron chi connectivity index (χ2n) is 8.94. The van der Waals surface area contributed by atoms with Gasteiger partial charge in [-0.15, -0.1) is 0 Å². The molecule has 0 aliphatic heterocycles. The molecule has 12 heteroatoms. The van der Waals surface area contributed by atoms with Crippen molar-refractivity contribution in [2.75, 3.05) is 13.2 Å². The zero-order chi connectivity index (χ0) is 28.6. The fourth-order valence-electron chi connectivity index (χ4n) is 4.05. The molecule has 2 N–H and O–H groups in total. The van der Waals surface area contributed by atoms with Crippen molar-refractivity contribution in [2.24, 2.45) is 5.92 Å². The summed E-state index contributed by atoms with van der Waals surface area (Å²) < 4.78 is 50.8. The van der Waals surface area contributed by atoms with Gasteiger partial charge in [0.2, 0.25) is 0 Å². The molecule has 0 aliphatic carbocycles. The number of esters is 1. The molecule has 2 atom stereocenters. The van der Waals surface area contributed by atoms with Crippen LogP contribution < -0.4 is 5.23 Å². The minimum atomic E-state index is -4.11. The van der Waals surface area contributed by atoms with E-state index in [4.69, 9.17) is 20.5 Å². The molecule has 0 fully saturated rings. The number of hydrogen-bond donors (Lipinski definition) is 2. The molecule has 0 aliphatic rings. The minimum absolute atomic E-state index is 0.0387. The Morgan fingerprint density at radius 3 is 2.41 bits per heavy atom. The van der Waals surface area contributed by atoms with Gasteiger partial charge in [0.1, 0.15) is 5.82 Å². The fraction of sp³-hybridized carbons (Fsp3) is 0.296. The van der Waals surface area contributed by atoms with E-state index in [0.29, 0.717) is 27.0 Å². The molecule has 3 rings (SSSR count). The Balaban J connectivity index is 1.76. The minimum Gasteiger partial charge on any atom is -0.466 e. The molecule has 0 saturated carbocycles. The summed E-state index contributed by atoms with van der Waals surface area (Å²) in [5.74, 6) is -1.92. The summed E-state index contributed by atoms with van der Waals surface area (Å²) in [6.45, 7) is 2.89. The number of rotatable bonds is 13. The Kier molecular flexibility index (Phi) is 11.5. The number of nitrogens with one attached hydrogen (secondary N) is 1. The van der Waals surface area contributed by atoms with Crippen molar-refractivity contribution in [1.82, 2.24) is 5.23 Å².